The molecule has 2 amide bonds. The van der Waals surface area contributed by atoms with Crippen LogP contribution in [-0.2, 0) is 33.9 Å². The molecular formula is C30H34ClN5O5. The van der Waals surface area contributed by atoms with Gasteiger partial charge < -0.3 is 20.1 Å². The van der Waals surface area contributed by atoms with Crippen molar-refractivity contribution in [3.05, 3.63) is 69.9 Å². The van der Waals surface area contributed by atoms with Crippen molar-refractivity contribution >= 4 is 46.0 Å². The molecule has 2 aliphatic rings. The van der Waals surface area contributed by atoms with Crippen molar-refractivity contribution in [2.24, 2.45) is 0 Å². The molecule has 3 heterocycles. The number of nitrogens with zero attached hydrogens (tertiary/aromatic N) is 4. The number of carbonyl (C=O) groups excluding carboxylic acids is 3. The summed E-state index contributed by atoms with van der Waals surface area (Å²) in [7, 11) is 0. The Morgan fingerprint density at radius 1 is 1.05 bits per heavy atom. The predicted molar refractivity (Wildman–Crippen MR) is 156 cm³/mol. The van der Waals surface area contributed by atoms with Crippen LogP contribution >= 0.6 is 11.6 Å². The lowest BCUT2D eigenvalue weighted by molar-refractivity contribution is -0.142. The number of halogens is 1. The normalized spacial score (nSPS) is 15.9. The first kappa shape index (κ1) is 28.9. The quantitative estimate of drug-likeness (QED) is 0.392. The number of nitrogens with one attached hydrogen (secondary N) is 1. The molecule has 41 heavy (non-hydrogen) atoms. The molecule has 2 N–H and O–H groups in total. The van der Waals surface area contributed by atoms with E-state index >= 15 is 0 Å². The molecule has 0 saturated carbocycles. The van der Waals surface area contributed by atoms with Crippen LogP contribution in [0.3, 0.4) is 0 Å². The van der Waals surface area contributed by atoms with Crippen LogP contribution in [0.25, 0.3) is 10.9 Å². The monoisotopic (exact) mass is 579 g/mol. The maximum Gasteiger partial charge on any atom is 0.302 e. The van der Waals surface area contributed by atoms with Crippen LogP contribution in [0.2, 0.25) is 5.02 Å². The number of anilines is 1. The second-order valence-corrected chi connectivity index (χ2v) is 10.8. The van der Waals surface area contributed by atoms with Gasteiger partial charge >= 0.3 is 5.97 Å². The molecule has 2 aromatic carbocycles. The molecule has 5 rings (SSSR count). The van der Waals surface area contributed by atoms with E-state index in [2.05, 4.69) is 10.2 Å². The lowest BCUT2D eigenvalue weighted by Crippen LogP contribution is -2.49. The van der Waals surface area contributed by atoms with E-state index in [1.807, 2.05) is 34.1 Å². The summed E-state index contributed by atoms with van der Waals surface area (Å²) in [6.45, 7) is 5.82. The molecular weight excluding hydrogens is 546 g/mol. The number of ether oxygens (including phenoxy) is 1. The summed E-state index contributed by atoms with van der Waals surface area (Å²) < 4.78 is 5.12. The van der Waals surface area contributed by atoms with E-state index in [0.717, 1.165) is 22.2 Å². The Morgan fingerprint density at radius 2 is 1.83 bits per heavy atom. The van der Waals surface area contributed by atoms with Crippen LogP contribution in [0, 0.1) is 0 Å². The number of esters is 1. The van der Waals surface area contributed by atoms with Crippen LogP contribution < -0.4 is 5.32 Å². The van der Waals surface area contributed by atoms with Gasteiger partial charge in [0.25, 0.3) is 5.91 Å². The number of rotatable bonds is 8. The number of aromatic nitrogens is 1. The van der Waals surface area contributed by atoms with E-state index in [-0.39, 0.29) is 31.6 Å². The van der Waals surface area contributed by atoms with Gasteiger partial charge in [-0.15, -0.1) is 0 Å². The highest BCUT2D eigenvalue weighted by Crippen LogP contribution is 2.30. The Hall–Kier alpha value is -3.57. The highest BCUT2D eigenvalue weighted by molar-refractivity contribution is 6.31. The zero-order valence-corrected chi connectivity index (χ0v) is 23.8. The summed E-state index contributed by atoms with van der Waals surface area (Å²) >= 11 is 6.17. The number of para-hydroxylation sites is 1. The van der Waals surface area contributed by atoms with Gasteiger partial charge in [-0.25, -0.2) is 0 Å². The van der Waals surface area contributed by atoms with Crippen molar-refractivity contribution in [2.45, 2.75) is 26.5 Å². The molecule has 1 aromatic heterocycles. The molecule has 1 saturated heterocycles. The molecule has 0 spiro atoms. The van der Waals surface area contributed by atoms with Gasteiger partial charge in [-0.1, -0.05) is 35.9 Å². The number of amides is 2. The highest BCUT2D eigenvalue weighted by Gasteiger charge is 2.30. The minimum absolute atomic E-state index is 0.0242. The summed E-state index contributed by atoms with van der Waals surface area (Å²) in [5.74, 6) is -0.673. The molecule has 0 bridgehead atoms. The summed E-state index contributed by atoms with van der Waals surface area (Å²) in [4.78, 5) is 49.4. The van der Waals surface area contributed by atoms with E-state index < -0.39 is 5.97 Å². The number of carbonyl (C=O) groups is 3. The second kappa shape index (κ2) is 12.9. The molecule has 1 fully saturated rings. The van der Waals surface area contributed by atoms with Crippen LogP contribution in [-0.4, -0.2) is 95.0 Å². The lowest BCUT2D eigenvalue weighted by Gasteiger charge is -2.36. The van der Waals surface area contributed by atoms with Gasteiger partial charge in [-0.2, -0.15) is 0 Å². The smallest absolute Gasteiger partial charge is 0.302 e. The summed E-state index contributed by atoms with van der Waals surface area (Å²) in [5, 5.41) is 13.5. The van der Waals surface area contributed by atoms with Gasteiger partial charge in [0.1, 0.15) is 6.61 Å². The molecule has 0 unspecified atom stereocenters. The van der Waals surface area contributed by atoms with Gasteiger partial charge in [0.15, 0.2) is 0 Å². The fourth-order valence-corrected chi connectivity index (χ4v) is 5.63. The summed E-state index contributed by atoms with van der Waals surface area (Å²) in [5.41, 5.74) is 4.34. The minimum Gasteiger partial charge on any atom is -0.461 e. The first-order valence-electron chi connectivity index (χ1n) is 13.8. The molecule has 2 aliphatic heterocycles. The number of piperazine rings is 1. The zero-order valence-electron chi connectivity index (χ0n) is 23.1. The first-order valence-corrected chi connectivity index (χ1v) is 14.2. The minimum atomic E-state index is -0.414. The van der Waals surface area contributed by atoms with Crippen LogP contribution in [0.5, 0.6) is 0 Å². The average molecular weight is 580 g/mol. The van der Waals surface area contributed by atoms with Crippen LogP contribution in [0.15, 0.2) is 42.5 Å². The third-order valence-corrected chi connectivity index (χ3v) is 7.79. The van der Waals surface area contributed by atoms with Gasteiger partial charge in [0.2, 0.25) is 5.91 Å². The maximum atomic E-state index is 14.0. The van der Waals surface area contributed by atoms with Gasteiger partial charge in [-0.05, 0) is 18.2 Å². The average Bonchev–Trinajstić information content (AvgIpc) is 2.95. The van der Waals surface area contributed by atoms with Crippen molar-refractivity contribution in [1.29, 1.82) is 0 Å². The Morgan fingerprint density at radius 3 is 2.59 bits per heavy atom. The third kappa shape index (κ3) is 6.84. The second-order valence-electron chi connectivity index (χ2n) is 10.4. The molecule has 10 nitrogen and oxygen atoms in total. The largest absolute Gasteiger partial charge is 0.461 e. The fraction of sp³-hybridized carbons (Fsp3) is 0.400. The topological polar surface area (TPSA) is 115 Å². The standard InChI is InChI=1S/C30H34ClN5O5/c1-20(38)41-19-21-6-7-22(31)16-27(21)33-28(39)18-35-9-8-26-24(17-35)29(23-4-2-3-5-25(23)32-26)30(40)36-12-10-34(11-13-36)14-15-37/h2-7,16,37H,8-15,17-19H2,1H3,(H,33,39). The molecule has 0 atom stereocenters. The molecule has 0 radical (unpaired) electrons. The number of aliphatic hydroxyl groups is 1. The SMILES string of the molecule is CC(=O)OCc1ccc(Cl)cc1NC(=O)CN1CCc2nc3ccccc3c(C(=O)N3CCN(CCO)CC3)c2C1. The van der Waals surface area contributed by atoms with E-state index in [0.29, 0.717) is 74.1 Å². The molecule has 216 valence electrons. The van der Waals surface area contributed by atoms with E-state index in [1.54, 1.807) is 18.2 Å². The highest BCUT2D eigenvalue weighted by atomic mass is 35.5. The van der Waals surface area contributed by atoms with E-state index in [1.165, 1.54) is 6.92 Å². The first-order chi connectivity index (χ1) is 19.8. The Balaban J connectivity index is 1.35. The van der Waals surface area contributed by atoms with Crippen molar-refractivity contribution in [2.75, 3.05) is 57.7 Å². The van der Waals surface area contributed by atoms with Crippen LogP contribution in [0.4, 0.5) is 5.69 Å². The van der Waals surface area contributed by atoms with E-state index in [4.69, 9.17) is 21.3 Å². The van der Waals surface area contributed by atoms with E-state index in [9.17, 15) is 19.5 Å². The maximum absolute atomic E-state index is 14.0. The Kier molecular flexibility index (Phi) is 9.14. The number of pyridine rings is 1. The van der Waals surface area contributed by atoms with Crippen molar-refractivity contribution < 1.29 is 24.2 Å². The van der Waals surface area contributed by atoms with Gasteiger partial charge in [0, 0.05) is 92.1 Å². The van der Waals surface area contributed by atoms with Gasteiger partial charge in [-0.3, -0.25) is 29.2 Å². The number of hydrogen-bond donors (Lipinski definition) is 2. The number of aliphatic hydroxyl groups excluding tert-OH is 1. The number of benzene rings is 2. The summed E-state index contributed by atoms with van der Waals surface area (Å²) in [6.07, 6.45) is 0.618. The Labute approximate surface area is 243 Å². The van der Waals surface area contributed by atoms with Gasteiger partial charge in [0.05, 0.1) is 24.2 Å². The van der Waals surface area contributed by atoms with Crippen molar-refractivity contribution in [1.82, 2.24) is 19.7 Å². The lowest BCUT2D eigenvalue weighted by atomic mass is 9.94. The molecule has 3 aromatic rings. The molecule has 0 aliphatic carbocycles. The van der Waals surface area contributed by atoms with Crippen LogP contribution in [0.1, 0.15) is 34.1 Å². The Bertz CT molecular complexity index is 1460. The third-order valence-electron chi connectivity index (χ3n) is 7.56. The molecule has 11 heteroatoms. The summed E-state index contributed by atoms with van der Waals surface area (Å²) in [6, 6.07) is 12.7. The fourth-order valence-electron chi connectivity index (χ4n) is 5.46. The van der Waals surface area contributed by atoms with Crippen molar-refractivity contribution in [3.63, 3.8) is 0 Å². The number of hydrogen-bond acceptors (Lipinski definition) is 8. The number of fused-ring (bicyclic) bond motifs is 2. The van der Waals surface area contributed by atoms with Crippen molar-refractivity contribution in [3.8, 4) is 0 Å². The number of β-amino-alcohol motifs (C(OH)–C–C–N with tert-alkyl or cyclic N) is 1. The zero-order chi connectivity index (χ0) is 28.9. The predicted octanol–water partition coefficient (Wildman–Crippen LogP) is 2.70.